The predicted molar refractivity (Wildman–Crippen MR) is 86.8 cm³/mol. The summed E-state index contributed by atoms with van der Waals surface area (Å²) in [5.41, 5.74) is 2.30. The Kier molecular flexibility index (Phi) is 4.12. The second kappa shape index (κ2) is 6.21. The maximum atomic E-state index is 12.0. The van der Waals surface area contributed by atoms with E-state index < -0.39 is 0 Å². The molecule has 0 radical (unpaired) electrons. The number of nitrogens with one attached hydrogen (secondary N) is 1. The number of rotatable bonds is 2. The lowest BCUT2D eigenvalue weighted by molar-refractivity contribution is 0.0950. The minimum absolute atomic E-state index is 0. The molecular formula is C15H15ClN6O. The van der Waals surface area contributed by atoms with Crippen molar-refractivity contribution in [2.45, 2.75) is 13.0 Å². The van der Waals surface area contributed by atoms with Gasteiger partial charge in [-0.2, -0.15) is 5.10 Å². The standard InChI is InChI=1S/C15H14N6O.ClH/c22-15-13-9-12(19-21(13)6-1-3-18-15)11-2-4-17-14(8-11)20-7-5-16-10-20;/h2,4-5,7-10H,1,3,6H2,(H,18,22);1H. The van der Waals surface area contributed by atoms with E-state index in [9.17, 15) is 4.79 Å². The summed E-state index contributed by atoms with van der Waals surface area (Å²) in [5, 5.41) is 7.43. The third kappa shape index (κ3) is 2.83. The Morgan fingerprint density at radius 1 is 1.22 bits per heavy atom. The maximum absolute atomic E-state index is 12.0. The third-order valence-electron chi connectivity index (χ3n) is 3.66. The zero-order valence-corrected chi connectivity index (χ0v) is 13.0. The summed E-state index contributed by atoms with van der Waals surface area (Å²) >= 11 is 0. The molecule has 0 saturated heterocycles. The average Bonchev–Trinajstić information content (AvgIpc) is 3.19. The van der Waals surface area contributed by atoms with Crippen LogP contribution < -0.4 is 5.32 Å². The first-order chi connectivity index (χ1) is 10.8. The number of carbonyl (C=O) groups excluding carboxylic acids is 1. The summed E-state index contributed by atoms with van der Waals surface area (Å²) in [6.07, 6.45) is 7.85. The van der Waals surface area contributed by atoms with Crippen molar-refractivity contribution in [3.63, 3.8) is 0 Å². The molecule has 0 fully saturated rings. The number of nitrogens with zero attached hydrogens (tertiary/aromatic N) is 5. The predicted octanol–water partition coefficient (Wildman–Crippen LogP) is 1.69. The lowest BCUT2D eigenvalue weighted by Crippen LogP contribution is -2.22. The molecule has 0 unspecified atom stereocenters. The monoisotopic (exact) mass is 330 g/mol. The quantitative estimate of drug-likeness (QED) is 0.775. The van der Waals surface area contributed by atoms with E-state index in [2.05, 4.69) is 20.4 Å². The molecule has 1 N–H and O–H groups in total. The van der Waals surface area contributed by atoms with Gasteiger partial charge in [0.15, 0.2) is 0 Å². The van der Waals surface area contributed by atoms with Crippen molar-refractivity contribution >= 4 is 18.3 Å². The molecule has 0 aromatic carbocycles. The van der Waals surface area contributed by atoms with Crippen molar-refractivity contribution in [3.8, 4) is 17.1 Å². The first kappa shape index (κ1) is 15.2. The van der Waals surface area contributed by atoms with E-state index in [0.29, 0.717) is 12.2 Å². The number of fused-ring (bicyclic) bond motifs is 1. The topological polar surface area (TPSA) is 77.6 Å². The largest absolute Gasteiger partial charge is 0.351 e. The van der Waals surface area contributed by atoms with Crippen LogP contribution in [0.1, 0.15) is 16.9 Å². The van der Waals surface area contributed by atoms with E-state index in [1.165, 1.54) is 0 Å². The van der Waals surface area contributed by atoms with Crippen LogP contribution in [0.15, 0.2) is 43.1 Å². The van der Waals surface area contributed by atoms with E-state index in [-0.39, 0.29) is 18.3 Å². The Balaban J connectivity index is 0.00000156. The minimum atomic E-state index is -0.0693. The van der Waals surface area contributed by atoms with Crippen molar-refractivity contribution in [1.82, 2.24) is 29.6 Å². The molecule has 3 aromatic rings. The summed E-state index contributed by atoms with van der Waals surface area (Å²) in [7, 11) is 0. The van der Waals surface area contributed by atoms with E-state index >= 15 is 0 Å². The molecule has 8 heteroatoms. The van der Waals surface area contributed by atoms with Crippen molar-refractivity contribution in [1.29, 1.82) is 0 Å². The highest BCUT2D eigenvalue weighted by Crippen LogP contribution is 2.21. The molecule has 0 spiro atoms. The van der Waals surface area contributed by atoms with Crippen LogP contribution in [0, 0.1) is 0 Å². The van der Waals surface area contributed by atoms with Gasteiger partial charge >= 0.3 is 0 Å². The van der Waals surface area contributed by atoms with E-state index in [1.54, 1.807) is 23.4 Å². The number of amides is 1. The van der Waals surface area contributed by atoms with Gasteiger partial charge in [-0.15, -0.1) is 12.4 Å². The van der Waals surface area contributed by atoms with Gasteiger partial charge in [-0.25, -0.2) is 9.97 Å². The molecule has 118 valence electrons. The van der Waals surface area contributed by atoms with Crippen LogP contribution in [-0.2, 0) is 6.54 Å². The van der Waals surface area contributed by atoms with Crippen LogP contribution in [0.25, 0.3) is 17.1 Å². The maximum Gasteiger partial charge on any atom is 0.269 e. The van der Waals surface area contributed by atoms with Gasteiger partial charge < -0.3 is 5.32 Å². The van der Waals surface area contributed by atoms with Gasteiger partial charge in [-0.05, 0) is 24.6 Å². The van der Waals surface area contributed by atoms with Crippen molar-refractivity contribution < 1.29 is 4.79 Å². The van der Waals surface area contributed by atoms with Crippen LogP contribution in [0.5, 0.6) is 0 Å². The lowest BCUT2D eigenvalue weighted by atomic mass is 10.2. The Hall–Kier alpha value is -2.67. The fraction of sp³-hybridized carbons (Fsp3) is 0.200. The number of halogens is 1. The summed E-state index contributed by atoms with van der Waals surface area (Å²) < 4.78 is 3.60. The molecule has 0 atom stereocenters. The smallest absolute Gasteiger partial charge is 0.269 e. The highest BCUT2D eigenvalue weighted by atomic mass is 35.5. The molecular weight excluding hydrogens is 316 g/mol. The molecule has 0 saturated carbocycles. The highest BCUT2D eigenvalue weighted by molar-refractivity contribution is 5.93. The van der Waals surface area contributed by atoms with Crippen molar-refractivity contribution in [3.05, 3.63) is 48.8 Å². The van der Waals surface area contributed by atoms with Crippen molar-refractivity contribution in [2.75, 3.05) is 6.54 Å². The second-order valence-corrected chi connectivity index (χ2v) is 5.12. The number of hydrogen-bond donors (Lipinski definition) is 1. The molecule has 3 aromatic heterocycles. The lowest BCUT2D eigenvalue weighted by Gasteiger charge is -2.03. The van der Waals surface area contributed by atoms with Gasteiger partial charge in [0, 0.05) is 37.2 Å². The van der Waals surface area contributed by atoms with E-state index in [0.717, 1.165) is 30.0 Å². The zero-order chi connectivity index (χ0) is 14.9. The fourth-order valence-corrected chi connectivity index (χ4v) is 2.55. The Morgan fingerprint density at radius 3 is 2.96 bits per heavy atom. The number of pyridine rings is 1. The summed E-state index contributed by atoms with van der Waals surface area (Å²) in [4.78, 5) is 20.4. The van der Waals surface area contributed by atoms with Gasteiger partial charge in [0.1, 0.15) is 17.8 Å². The Bertz CT molecular complexity index is 826. The first-order valence-corrected chi connectivity index (χ1v) is 7.12. The second-order valence-electron chi connectivity index (χ2n) is 5.12. The van der Waals surface area contributed by atoms with Gasteiger partial charge in [0.25, 0.3) is 5.91 Å². The van der Waals surface area contributed by atoms with Gasteiger partial charge in [0.2, 0.25) is 0 Å². The molecule has 4 heterocycles. The highest BCUT2D eigenvalue weighted by Gasteiger charge is 2.18. The first-order valence-electron chi connectivity index (χ1n) is 7.12. The number of imidazole rings is 1. The molecule has 0 bridgehead atoms. The number of carbonyl (C=O) groups is 1. The Labute approximate surface area is 138 Å². The molecule has 1 aliphatic heterocycles. The average molecular weight is 331 g/mol. The van der Waals surface area contributed by atoms with Crippen LogP contribution in [-0.4, -0.2) is 36.8 Å². The number of aromatic nitrogens is 5. The molecule has 23 heavy (non-hydrogen) atoms. The van der Waals surface area contributed by atoms with Crippen molar-refractivity contribution in [2.24, 2.45) is 0 Å². The molecule has 1 amide bonds. The van der Waals surface area contributed by atoms with Crippen LogP contribution in [0.4, 0.5) is 0 Å². The molecule has 1 aliphatic rings. The van der Waals surface area contributed by atoms with E-state index in [1.807, 2.05) is 29.0 Å². The van der Waals surface area contributed by atoms with Gasteiger partial charge in [-0.1, -0.05) is 0 Å². The van der Waals surface area contributed by atoms with E-state index in [4.69, 9.17) is 0 Å². The SMILES string of the molecule is Cl.O=C1NCCCn2nc(-c3ccnc(-n4ccnc4)c3)cc21. The minimum Gasteiger partial charge on any atom is -0.351 e. The number of aryl methyl sites for hydroxylation is 1. The molecule has 0 aliphatic carbocycles. The van der Waals surface area contributed by atoms with Crippen LogP contribution in [0.3, 0.4) is 0 Å². The normalized spacial score (nSPS) is 13.7. The summed E-state index contributed by atoms with van der Waals surface area (Å²) in [6.45, 7) is 1.44. The van der Waals surface area contributed by atoms with Crippen LogP contribution >= 0.6 is 12.4 Å². The fourth-order valence-electron chi connectivity index (χ4n) is 2.55. The van der Waals surface area contributed by atoms with Gasteiger partial charge in [-0.3, -0.25) is 14.0 Å². The summed E-state index contributed by atoms with van der Waals surface area (Å²) in [6, 6.07) is 5.65. The molecule has 4 rings (SSSR count). The zero-order valence-electron chi connectivity index (χ0n) is 12.2. The Morgan fingerprint density at radius 2 is 2.13 bits per heavy atom. The van der Waals surface area contributed by atoms with Gasteiger partial charge in [0.05, 0.1) is 5.69 Å². The number of hydrogen-bond acceptors (Lipinski definition) is 4. The van der Waals surface area contributed by atoms with Crippen LogP contribution in [0.2, 0.25) is 0 Å². The summed E-state index contributed by atoms with van der Waals surface area (Å²) in [5.74, 6) is 0.697. The molecule has 7 nitrogen and oxygen atoms in total. The third-order valence-corrected chi connectivity index (χ3v) is 3.66.